The van der Waals surface area contributed by atoms with Crippen molar-refractivity contribution in [3.8, 4) is 0 Å². The fraction of sp³-hybridized carbons (Fsp3) is 0.700. The molecule has 0 saturated carbocycles. The molecule has 1 atom stereocenters. The summed E-state index contributed by atoms with van der Waals surface area (Å²) in [6.45, 7) is 6.28. The predicted octanol–water partition coefficient (Wildman–Crippen LogP) is 14.7. The average Bonchev–Trinajstić information content (AvgIpc) is 3.19. The van der Waals surface area contributed by atoms with E-state index in [1.54, 1.807) is 6.08 Å². The van der Waals surface area contributed by atoms with Crippen molar-refractivity contribution < 1.29 is 28.6 Å². The molecule has 56 heavy (non-hydrogen) atoms. The smallest absolute Gasteiger partial charge is 0.309 e. The van der Waals surface area contributed by atoms with Gasteiger partial charge in [-0.25, -0.2) is 0 Å². The van der Waals surface area contributed by atoms with E-state index in [9.17, 15) is 14.4 Å². The van der Waals surface area contributed by atoms with E-state index >= 15 is 0 Å². The first-order valence-corrected chi connectivity index (χ1v) is 22.9. The van der Waals surface area contributed by atoms with Crippen LogP contribution in [0.25, 0.3) is 0 Å². The minimum Gasteiger partial charge on any atom is -0.462 e. The fourth-order valence-corrected chi connectivity index (χ4v) is 6.10. The van der Waals surface area contributed by atoms with Crippen molar-refractivity contribution in [3.05, 3.63) is 72.9 Å². The van der Waals surface area contributed by atoms with Gasteiger partial charge in [0.1, 0.15) is 13.2 Å². The quantitative estimate of drug-likeness (QED) is 0.0267. The molecule has 0 spiro atoms. The molecule has 0 aliphatic heterocycles. The Hall–Kier alpha value is -3.15. The lowest BCUT2D eigenvalue weighted by atomic mass is 10.1. The Kier molecular flexibility index (Phi) is 42.1. The number of allylic oxidation sites excluding steroid dienone is 11. The number of esters is 3. The van der Waals surface area contributed by atoms with Crippen molar-refractivity contribution in [2.45, 2.75) is 213 Å². The maximum atomic E-state index is 12.7. The molecule has 0 N–H and O–H groups in total. The van der Waals surface area contributed by atoms with Crippen LogP contribution in [0.3, 0.4) is 0 Å². The first-order valence-electron chi connectivity index (χ1n) is 22.9. The molecule has 0 aromatic rings. The van der Waals surface area contributed by atoms with Gasteiger partial charge >= 0.3 is 17.9 Å². The largest absolute Gasteiger partial charge is 0.462 e. The molecule has 0 aliphatic rings. The Morgan fingerprint density at radius 1 is 0.393 bits per heavy atom. The van der Waals surface area contributed by atoms with Gasteiger partial charge in [0.05, 0.1) is 6.42 Å². The Balaban J connectivity index is 4.33. The van der Waals surface area contributed by atoms with Crippen LogP contribution in [-0.4, -0.2) is 37.2 Å². The van der Waals surface area contributed by atoms with E-state index in [1.807, 2.05) is 6.08 Å². The maximum absolute atomic E-state index is 12.7. The summed E-state index contributed by atoms with van der Waals surface area (Å²) in [6.07, 6.45) is 55.0. The number of ether oxygens (including phenoxy) is 3. The summed E-state index contributed by atoms with van der Waals surface area (Å²) in [4.78, 5) is 37.6. The molecule has 0 radical (unpaired) electrons. The molecule has 0 aliphatic carbocycles. The zero-order valence-electron chi connectivity index (χ0n) is 36.4. The van der Waals surface area contributed by atoms with Crippen LogP contribution in [0.5, 0.6) is 0 Å². The molecule has 0 heterocycles. The molecule has 6 heteroatoms. The van der Waals surface area contributed by atoms with Crippen LogP contribution in [0.15, 0.2) is 72.9 Å². The second-order valence-electron chi connectivity index (χ2n) is 14.9. The Labute approximate surface area is 344 Å². The van der Waals surface area contributed by atoms with Crippen LogP contribution < -0.4 is 0 Å². The molecule has 0 bridgehead atoms. The van der Waals surface area contributed by atoms with Crippen molar-refractivity contribution in [1.29, 1.82) is 0 Å². The Morgan fingerprint density at radius 3 is 1.25 bits per heavy atom. The number of hydrogen-bond donors (Lipinski definition) is 0. The van der Waals surface area contributed by atoms with Crippen molar-refractivity contribution in [1.82, 2.24) is 0 Å². The third-order valence-electron chi connectivity index (χ3n) is 9.49. The van der Waals surface area contributed by atoms with E-state index in [0.29, 0.717) is 12.8 Å². The van der Waals surface area contributed by atoms with Gasteiger partial charge < -0.3 is 14.2 Å². The molecular weight excluding hydrogens is 697 g/mol. The number of carbonyl (C=O) groups is 3. The van der Waals surface area contributed by atoms with Gasteiger partial charge in [0.2, 0.25) is 0 Å². The normalized spacial score (nSPS) is 12.7. The first kappa shape index (κ1) is 52.9. The van der Waals surface area contributed by atoms with Crippen LogP contribution in [0.4, 0.5) is 0 Å². The molecule has 320 valence electrons. The molecule has 0 saturated heterocycles. The minimum atomic E-state index is -0.808. The van der Waals surface area contributed by atoms with Crippen LogP contribution in [0.1, 0.15) is 207 Å². The molecule has 0 fully saturated rings. The van der Waals surface area contributed by atoms with Crippen LogP contribution >= 0.6 is 0 Å². The van der Waals surface area contributed by atoms with Gasteiger partial charge in [0, 0.05) is 12.8 Å². The van der Waals surface area contributed by atoms with Gasteiger partial charge in [0.15, 0.2) is 6.10 Å². The molecule has 0 aromatic carbocycles. The summed E-state index contributed by atoms with van der Waals surface area (Å²) in [5.74, 6) is -1.04. The van der Waals surface area contributed by atoms with E-state index in [4.69, 9.17) is 14.2 Å². The van der Waals surface area contributed by atoms with Gasteiger partial charge in [-0.1, -0.05) is 196 Å². The summed E-state index contributed by atoms with van der Waals surface area (Å²) >= 11 is 0. The Morgan fingerprint density at radius 2 is 0.768 bits per heavy atom. The second-order valence-corrected chi connectivity index (χ2v) is 14.9. The Bertz CT molecular complexity index is 1080. The van der Waals surface area contributed by atoms with E-state index in [2.05, 4.69) is 81.5 Å². The average molecular weight is 781 g/mol. The topological polar surface area (TPSA) is 78.9 Å². The zero-order valence-corrected chi connectivity index (χ0v) is 36.4. The summed E-state index contributed by atoms with van der Waals surface area (Å²) in [7, 11) is 0. The number of hydrogen-bond acceptors (Lipinski definition) is 6. The summed E-state index contributed by atoms with van der Waals surface area (Å²) in [5.41, 5.74) is 0. The maximum Gasteiger partial charge on any atom is 0.309 e. The zero-order chi connectivity index (χ0) is 40.8. The van der Waals surface area contributed by atoms with E-state index in [0.717, 1.165) is 77.0 Å². The predicted molar refractivity (Wildman–Crippen MR) is 238 cm³/mol. The van der Waals surface area contributed by atoms with Crippen LogP contribution in [0.2, 0.25) is 0 Å². The minimum absolute atomic E-state index is 0.104. The molecule has 0 amide bonds. The van der Waals surface area contributed by atoms with Crippen molar-refractivity contribution in [2.75, 3.05) is 13.2 Å². The van der Waals surface area contributed by atoms with Crippen molar-refractivity contribution in [2.24, 2.45) is 0 Å². The first-order chi connectivity index (χ1) is 27.5. The molecule has 1 unspecified atom stereocenters. The highest BCUT2D eigenvalue weighted by Gasteiger charge is 2.19. The van der Waals surface area contributed by atoms with Gasteiger partial charge in [-0.2, -0.15) is 0 Å². The number of rotatable bonds is 40. The van der Waals surface area contributed by atoms with Crippen molar-refractivity contribution in [3.63, 3.8) is 0 Å². The lowest BCUT2D eigenvalue weighted by Gasteiger charge is -2.18. The van der Waals surface area contributed by atoms with E-state index in [-0.39, 0.29) is 31.6 Å². The lowest BCUT2D eigenvalue weighted by Crippen LogP contribution is -2.30. The monoisotopic (exact) mass is 781 g/mol. The molecule has 0 rings (SSSR count). The highest BCUT2D eigenvalue weighted by molar-refractivity contribution is 5.72. The molecule has 6 nitrogen and oxygen atoms in total. The van der Waals surface area contributed by atoms with Crippen LogP contribution in [0, 0.1) is 0 Å². The fourth-order valence-electron chi connectivity index (χ4n) is 6.10. The summed E-state index contributed by atoms with van der Waals surface area (Å²) in [6, 6.07) is 0. The number of carbonyl (C=O) groups excluding carboxylic acids is 3. The lowest BCUT2D eigenvalue weighted by molar-refractivity contribution is -0.166. The highest BCUT2D eigenvalue weighted by Crippen LogP contribution is 2.14. The van der Waals surface area contributed by atoms with E-state index in [1.165, 1.54) is 89.9 Å². The van der Waals surface area contributed by atoms with Gasteiger partial charge in [-0.15, -0.1) is 0 Å². The van der Waals surface area contributed by atoms with Gasteiger partial charge in [-0.05, 0) is 64.2 Å². The summed E-state index contributed by atoms with van der Waals surface area (Å²) < 4.78 is 16.6. The SMILES string of the molecule is CC/C=C\C/C=C\C/C=C\CCCCCCCCCCCC(=O)OCC(COC(=O)C/C=C\C/C=C\C/C=C\CC)OC(=O)CCCCCCCCCCCC. The van der Waals surface area contributed by atoms with Crippen LogP contribution in [-0.2, 0) is 28.6 Å². The van der Waals surface area contributed by atoms with Crippen molar-refractivity contribution >= 4 is 17.9 Å². The highest BCUT2D eigenvalue weighted by atomic mass is 16.6. The second kappa shape index (κ2) is 44.6. The third-order valence-corrected chi connectivity index (χ3v) is 9.49. The molecule has 0 aromatic heterocycles. The molecular formula is C50H84O6. The third kappa shape index (κ3) is 42.0. The number of unbranched alkanes of at least 4 members (excludes halogenated alkanes) is 18. The van der Waals surface area contributed by atoms with Gasteiger partial charge in [0.25, 0.3) is 0 Å². The van der Waals surface area contributed by atoms with E-state index < -0.39 is 12.1 Å². The summed E-state index contributed by atoms with van der Waals surface area (Å²) in [5, 5.41) is 0. The van der Waals surface area contributed by atoms with Gasteiger partial charge in [-0.3, -0.25) is 14.4 Å². The standard InChI is InChI=1S/C50H84O6/c1-4-7-10-13-16-19-21-22-23-24-25-26-27-28-29-32-34-37-40-43-49(52)55-46-47(45-54-48(51)42-39-36-33-30-18-15-12-9-6-3)56-50(53)44-41-38-35-31-20-17-14-11-8-5-2/h7,9-10,12,16,18-19,22-23,30,36,39,47H,4-6,8,11,13-15,17,20-21,24-29,31-35,37-38,40-46H2,1-3H3/b10-7-,12-9-,19-16-,23-22-,30-18-,39-36-.